The third kappa shape index (κ3) is 3.49. The minimum Gasteiger partial charge on any atom is -0.441 e. The van der Waals surface area contributed by atoms with Crippen LogP contribution < -0.4 is 10.6 Å². The number of anilines is 2. The predicted molar refractivity (Wildman–Crippen MR) is 88.8 cm³/mol. The van der Waals surface area contributed by atoms with Gasteiger partial charge in [0.1, 0.15) is 12.1 Å². The average Bonchev–Trinajstić information content (AvgIpc) is 3.23. The Morgan fingerprint density at radius 1 is 1.32 bits per heavy atom. The molecule has 1 aliphatic carbocycles. The molecule has 4 rings (SSSR count). The molecular weight excluding hydrogens is 324 g/mol. The molecule has 1 aliphatic rings. The molecule has 2 aromatic heterocycles. The minimum absolute atomic E-state index is 0.0141. The molecule has 1 fully saturated rings. The van der Waals surface area contributed by atoms with Crippen LogP contribution in [0.3, 0.4) is 0 Å². The van der Waals surface area contributed by atoms with Crippen LogP contribution >= 0.6 is 0 Å². The van der Waals surface area contributed by atoms with Gasteiger partial charge in [-0.05, 0) is 25.0 Å². The van der Waals surface area contributed by atoms with Gasteiger partial charge in [0.15, 0.2) is 17.3 Å². The van der Waals surface area contributed by atoms with Crippen LogP contribution in [0.2, 0.25) is 0 Å². The van der Waals surface area contributed by atoms with Gasteiger partial charge in [0.25, 0.3) is 0 Å². The summed E-state index contributed by atoms with van der Waals surface area (Å²) in [4.78, 5) is 28.0. The zero-order valence-electron chi connectivity index (χ0n) is 13.5. The number of nitrogens with zero attached hydrogens (tertiary/aromatic N) is 4. The van der Waals surface area contributed by atoms with Crippen molar-refractivity contribution >= 4 is 34.4 Å². The summed E-state index contributed by atoms with van der Waals surface area (Å²) >= 11 is 0. The Morgan fingerprint density at radius 3 is 2.96 bits per heavy atom. The monoisotopic (exact) mass is 340 g/mol. The van der Waals surface area contributed by atoms with Crippen molar-refractivity contribution in [3.05, 3.63) is 30.3 Å². The Balaban J connectivity index is 1.37. The Hall–Kier alpha value is -3.23. The number of aromatic nitrogens is 4. The lowest BCUT2D eigenvalue weighted by Crippen LogP contribution is -2.19. The quantitative estimate of drug-likeness (QED) is 0.731. The molecule has 128 valence electrons. The lowest BCUT2D eigenvalue weighted by Gasteiger charge is -2.04. The van der Waals surface area contributed by atoms with Crippen LogP contribution in [0, 0.1) is 12.8 Å². The van der Waals surface area contributed by atoms with Crippen molar-refractivity contribution in [1.82, 2.24) is 20.0 Å². The topological polar surface area (TPSA) is 115 Å². The molecule has 2 N–H and O–H groups in total. The number of carbonyl (C=O) groups is 2. The van der Waals surface area contributed by atoms with E-state index in [1.54, 1.807) is 25.1 Å². The van der Waals surface area contributed by atoms with E-state index in [9.17, 15) is 9.59 Å². The van der Waals surface area contributed by atoms with E-state index in [0.29, 0.717) is 23.0 Å². The summed E-state index contributed by atoms with van der Waals surface area (Å²) in [6, 6.07) is 5.25. The van der Waals surface area contributed by atoms with Crippen LogP contribution in [-0.4, -0.2) is 31.8 Å². The summed E-state index contributed by atoms with van der Waals surface area (Å²) in [7, 11) is 0. The molecule has 0 saturated heterocycles. The first-order valence-corrected chi connectivity index (χ1v) is 7.95. The highest BCUT2D eigenvalue weighted by atomic mass is 16.3. The third-order valence-corrected chi connectivity index (χ3v) is 3.82. The first-order valence-electron chi connectivity index (χ1n) is 7.95. The van der Waals surface area contributed by atoms with Crippen molar-refractivity contribution in [3.8, 4) is 0 Å². The van der Waals surface area contributed by atoms with E-state index in [2.05, 4.69) is 25.9 Å². The summed E-state index contributed by atoms with van der Waals surface area (Å²) in [5.41, 5.74) is 1.96. The van der Waals surface area contributed by atoms with Gasteiger partial charge in [-0.3, -0.25) is 9.59 Å². The molecule has 0 atom stereocenters. The van der Waals surface area contributed by atoms with Crippen molar-refractivity contribution in [3.63, 3.8) is 0 Å². The van der Waals surface area contributed by atoms with Crippen LogP contribution in [0.1, 0.15) is 18.7 Å². The van der Waals surface area contributed by atoms with Crippen molar-refractivity contribution in [2.24, 2.45) is 5.92 Å². The number of carbonyl (C=O) groups excluding carboxylic acids is 2. The normalized spacial score (nSPS) is 13.8. The number of hydrogen-bond acceptors (Lipinski definition) is 6. The lowest BCUT2D eigenvalue weighted by atomic mass is 10.3. The second-order valence-electron chi connectivity index (χ2n) is 6.03. The Labute approximate surface area is 142 Å². The standard InChI is InChI=1S/C16H16N6O3/c1-9-17-12-5-4-11(6-13(12)25-9)18-15(23)8-22-7-14(20-21-22)19-16(24)10-2-3-10/h4-7,10H,2-3,8H2,1H3,(H,18,23)(H,19,24). The van der Waals surface area contributed by atoms with Crippen molar-refractivity contribution in [2.75, 3.05) is 10.6 Å². The smallest absolute Gasteiger partial charge is 0.246 e. The van der Waals surface area contributed by atoms with Gasteiger partial charge in [0, 0.05) is 24.6 Å². The molecule has 25 heavy (non-hydrogen) atoms. The van der Waals surface area contributed by atoms with E-state index in [0.717, 1.165) is 18.4 Å². The van der Waals surface area contributed by atoms with E-state index in [4.69, 9.17) is 4.42 Å². The van der Waals surface area contributed by atoms with Gasteiger partial charge >= 0.3 is 0 Å². The zero-order valence-corrected chi connectivity index (χ0v) is 13.5. The fourth-order valence-electron chi connectivity index (χ4n) is 2.47. The van der Waals surface area contributed by atoms with Crippen molar-refractivity contribution in [2.45, 2.75) is 26.3 Å². The number of hydrogen-bond donors (Lipinski definition) is 2. The molecule has 9 heteroatoms. The maximum atomic E-state index is 12.1. The molecule has 0 spiro atoms. The van der Waals surface area contributed by atoms with Crippen LogP contribution in [0.15, 0.2) is 28.8 Å². The molecule has 0 unspecified atom stereocenters. The SMILES string of the molecule is Cc1nc2ccc(NC(=O)Cn3cc(NC(=O)C4CC4)nn3)cc2o1. The zero-order chi connectivity index (χ0) is 17.4. The Morgan fingerprint density at radius 2 is 2.16 bits per heavy atom. The summed E-state index contributed by atoms with van der Waals surface area (Å²) < 4.78 is 6.81. The van der Waals surface area contributed by atoms with Gasteiger partial charge in [0.05, 0.1) is 6.20 Å². The predicted octanol–water partition coefficient (Wildman–Crippen LogP) is 1.71. The number of oxazole rings is 1. The second kappa shape index (κ2) is 6.00. The Bertz CT molecular complexity index is 956. The van der Waals surface area contributed by atoms with Crippen molar-refractivity contribution in [1.29, 1.82) is 0 Å². The summed E-state index contributed by atoms with van der Waals surface area (Å²) in [6.07, 6.45) is 3.36. The fraction of sp³-hybridized carbons (Fsp3) is 0.312. The molecular formula is C16H16N6O3. The molecule has 1 aromatic carbocycles. The fourth-order valence-corrected chi connectivity index (χ4v) is 2.47. The second-order valence-corrected chi connectivity index (χ2v) is 6.03. The molecule has 3 aromatic rings. The summed E-state index contributed by atoms with van der Waals surface area (Å²) in [6.45, 7) is 1.75. The van der Waals surface area contributed by atoms with E-state index in [-0.39, 0.29) is 24.3 Å². The first kappa shape index (κ1) is 15.3. The van der Waals surface area contributed by atoms with Crippen LogP contribution in [-0.2, 0) is 16.1 Å². The van der Waals surface area contributed by atoms with Gasteiger partial charge in [-0.1, -0.05) is 5.21 Å². The molecule has 1 saturated carbocycles. The largest absolute Gasteiger partial charge is 0.441 e. The first-order chi connectivity index (χ1) is 12.1. The van der Waals surface area contributed by atoms with Crippen LogP contribution in [0.25, 0.3) is 11.1 Å². The Kier molecular flexibility index (Phi) is 3.68. The molecule has 2 heterocycles. The highest BCUT2D eigenvalue weighted by Gasteiger charge is 2.30. The molecule has 9 nitrogen and oxygen atoms in total. The van der Waals surface area contributed by atoms with E-state index >= 15 is 0 Å². The van der Waals surface area contributed by atoms with Crippen molar-refractivity contribution < 1.29 is 14.0 Å². The number of benzene rings is 1. The molecule has 0 bridgehead atoms. The number of nitrogens with one attached hydrogen (secondary N) is 2. The van der Waals surface area contributed by atoms with Gasteiger partial charge in [-0.2, -0.15) is 0 Å². The lowest BCUT2D eigenvalue weighted by molar-refractivity contribution is -0.117. The van der Waals surface area contributed by atoms with Gasteiger partial charge in [-0.25, -0.2) is 9.67 Å². The third-order valence-electron chi connectivity index (χ3n) is 3.82. The summed E-state index contributed by atoms with van der Waals surface area (Å²) in [5, 5.41) is 13.1. The van der Waals surface area contributed by atoms with Crippen LogP contribution in [0.5, 0.6) is 0 Å². The maximum Gasteiger partial charge on any atom is 0.246 e. The summed E-state index contributed by atoms with van der Waals surface area (Å²) in [5.74, 6) is 0.695. The number of aryl methyl sites for hydroxylation is 1. The maximum absolute atomic E-state index is 12.1. The average molecular weight is 340 g/mol. The van der Waals surface area contributed by atoms with Crippen LogP contribution in [0.4, 0.5) is 11.5 Å². The van der Waals surface area contributed by atoms with Gasteiger partial charge in [0.2, 0.25) is 11.8 Å². The molecule has 0 aliphatic heterocycles. The van der Waals surface area contributed by atoms with Gasteiger partial charge < -0.3 is 15.1 Å². The number of fused-ring (bicyclic) bond motifs is 1. The molecule has 2 amide bonds. The number of rotatable bonds is 5. The number of amides is 2. The highest BCUT2D eigenvalue weighted by Crippen LogP contribution is 2.29. The van der Waals surface area contributed by atoms with Gasteiger partial charge in [-0.15, -0.1) is 5.10 Å². The van der Waals surface area contributed by atoms with E-state index in [1.165, 1.54) is 10.9 Å². The highest BCUT2D eigenvalue weighted by molar-refractivity contribution is 5.94. The van der Waals surface area contributed by atoms with E-state index < -0.39 is 0 Å². The van der Waals surface area contributed by atoms with E-state index in [1.807, 2.05) is 0 Å². The molecule has 0 radical (unpaired) electrons. The minimum atomic E-state index is -0.263.